The standard InChI is InChI=1S/C9H16N2O/c1-4-10-5-6-11(8(2)3)9(12)7-10/h4,8H,1,5-7H2,2-3H3. The Labute approximate surface area is 73.6 Å². The molecule has 0 bridgehead atoms. The van der Waals surface area contributed by atoms with E-state index >= 15 is 0 Å². The zero-order valence-electron chi connectivity index (χ0n) is 7.79. The number of piperazine rings is 1. The molecule has 0 aromatic carbocycles. The van der Waals surface area contributed by atoms with Crippen LogP contribution in [0.15, 0.2) is 12.8 Å². The van der Waals surface area contributed by atoms with Crippen molar-refractivity contribution < 1.29 is 4.79 Å². The minimum Gasteiger partial charge on any atom is -0.367 e. The van der Waals surface area contributed by atoms with Crippen LogP contribution in [0.3, 0.4) is 0 Å². The van der Waals surface area contributed by atoms with Crippen molar-refractivity contribution in [1.82, 2.24) is 9.80 Å². The monoisotopic (exact) mass is 168 g/mol. The topological polar surface area (TPSA) is 23.6 Å². The molecule has 0 aromatic heterocycles. The molecule has 3 nitrogen and oxygen atoms in total. The van der Waals surface area contributed by atoms with Crippen LogP contribution in [0.5, 0.6) is 0 Å². The molecule has 0 spiro atoms. The van der Waals surface area contributed by atoms with Gasteiger partial charge in [-0.05, 0) is 20.0 Å². The number of amides is 1. The molecule has 3 heteroatoms. The van der Waals surface area contributed by atoms with Crippen LogP contribution in [0.4, 0.5) is 0 Å². The predicted octanol–water partition coefficient (Wildman–Crippen LogP) is 0.682. The highest BCUT2D eigenvalue weighted by molar-refractivity contribution is 5.79. The second-order valence-corrected chi connectivity index (χ2v) is 3.33. The first-order chi connectivity index (χ1) is 5.65. The van der Waals surface area contributed by atoms with Gasteiger partial charge in [0.25, 0.3) is 0 Å². The highest BCUT2D eigenvalue weighted by atomic mass is 16.2. The van der Waals surface area contributed by atoms with Gasteiger partial charge in [0, 0.05) is 19.1 Å². The van der Waals surface area contributed by atoms with Gasteiger partial charge in [-0.25, -0.2) is 0 Å². The Morgan fingerprint density at radius 3 is 2.58 bits per heavy atom. The van der Waals surface area contributed by atoms with Gasteiger partial charge < -0.3 is 9.80 Å². The molecule has 1 amide bonds. The van der Waals surface area contributed by atoms with E-state index in [1.54, 1.807) is 6.20 Å². The number of nitrogens with zero attached hydrogens (tertiary/aromatic N) is 2. The minimum absolute atomic E-state index is 0.205. The summed E-state index contributed by atoms with van der Waals surface area (Å²) in [6.45, 7) is 9.95. The van der Waals surface area contributed by atoms with Crippen LogP contribution in [-0.2, 0) is 4.79 Å². The van der Waals surface area contributed by atoms with Crippen LogP contribution in [0.1, 0.15) is 13.8 Å². The van der Waals surface area contributed by atoms with Gasteiger partial charge in [-0.15, -0.1) is 0 Å². The lowest BCUT2D eigenvalue weighted by Crippen LogP contribution is -2.50. The molecule has 68 valence electrons. The van der Waals surface area contributed by atoms with Crippen LogP contribution < -0.4 is 0 Å². The van der Waals surface area contributed by atoms with E-state index in [2.05, 4.69) is 6.58 Å². The molecule has 0 atom stereocenters. The average Bonchev–Trinajstić information content (AvgIpc) is 2.03. The second-order valence-electron chi connectivity index (χ2n) is 3.33. The molecule has 0 aliphatic carbocycles. The van der Waals surface area contributed by atoms with Gasteiger partial charge >= 0.3 is 0 Å². The van der Waals surface area contributed by atoms with Gasteiger partial charge in [-0.3, -0.25) is 4.79 Å². The number of hydrogen-bond donors (Lipinski definition) is 0. The van der Waals surface area contributed by atoms with Gasteiger partial charge in [0.2, 0.25) is 5.91 Å². The lowest BCUT2D eigenvalue weighted by Gasteiger charge is -2.35. The van der Waals surface area contributed by atoms with E-state index < -0.39 is 0 Å². The molecule has 0 aromatic rings. The molecule has 1 heterocycles. The van der Waals surface area contributed by atoms with Crippen LogP contribution in [-0.4, -0.2) is 41.4 Å². The Kier molecular flexibility index (Phi) is 2.74. The van der Waals surface area contributed by atoms with Gasteiger partial charge in [0.15, 0.2) is 0 Å². The molecular formula is C9H16N2O. The molecule has 1 aliphatic rings. The number of rotatable bonds is 2. The Bertz CT molecular complexity index is 189. The maximum Gasteiger partial charge on any atom is 0.242 e. The van der Waals surface area contributed by atoms with Gasteiger partial charge in [0.05, 0.1) is 6.54 Å². The first kappa shape index (κ1) is 9.10. The lowest BCUT2D eigenvalue weighted by molar-refractivity contribution is -0.136. The van der Waals surface area contributed by atoms with E-state index in [4.69, 9.17) is 0 Å². The van der Waals surface area contributed by atoms with Crippen LogP contribution in [0, 0.1) is 0 Å². The summed E-state index contributed by atoms with van der Waals surface area (Å²) < 4.78 is 0. The van der Waals surface area contributed by atoms with Crippen molar-refractivity contribution in [2.45, 2.75) is 19.9 Å². The van der Waals surface area contributed by atoms with Crippen molar-refractivity contribution >= 4 is 5.91 Å². The molecule has 1 saturated heterocycles. The van der Waals surface area contributed by atoms with Crippen molar-refractivity contribution in [2.75, 3.05) is 19.6 Å². The normalized spacial score (nSPS) is 18.8. The third-order valence-corrected chi connectivity index (χ3v) is 2.17. The van der Waals surface area contributed by atoms with Crippen molar-refractivity contribution in [3.05, 3.63) is 12.8 Å². The minimum atomic E-state index is 0.205. The fraction of sp³-hybridized carbons (Fsp3) is 0.667. The highest BCUT2D eigenvalue weighted by Crippen LogP contribution is 2.06. The molecule has 12 heavy (non-hydrogen) atoms. The van der Waals surface area contributed by atoms with E-state index in [1.165, 1.54) is 0 Å². The van der Waals surface area contributed by atoms with Crippen molar-refractivity contribution in [2.24, 2.45) is 0 Å². The van der Waals surface area contributed by atoms with Gasteiger partial charge in [-0.1, -0.05) is 6.58 Å². The molecule has 0 unspecified atom stereocenters. The number of hydrogen-bond acceptors (Lipinski definition) is 2. The van der Waals surface area contributed by atoms with Gasteiger partial charge in [0.1, 0.15) is 0 Å². The highest BCUT2D eigenvalue weighted by Gasteiger charge is 2.23. The Morgan fingerprint density at radius 1 is 1.50 bits per heavy atom. The predicted molar refractivity (Wildman–Crippen MR) is 48.6 cm³/mol. The number of carbonyl (C=O) groups is 1. The molecule has 0 saturated carbocycles. The summed E-state index contributed by atoms with van der Waals surface area (Å²) in [6.07, 6.45) is 1.73. The van der Waals surface area contributed by atoms with Crippen molar-refractivity contribution in [1.29, 1.82) is 0 Å². The largest absolute Gasteiger partial charge is 0.367 e. The average molecular weight is 168 g/mol. The second kappa shape index (κ2) is 3.61. The summed E-state index contributed by atoms with van der Waals surface area (Å²) >= 11 is 0. The van der Waals surface area contributed by atoms with E-state index in [-0.39, 0.29) is 5.91 Å². The maximum absolute atomic E-state index is 11.4. The van der Waals surface area contributed by atoms with Crippen molar-refractivity contribution in [3.63, 3.8) is 0 Å². The Balaban J connectivity index is 2.53. The first-order valence-corrected chi connectivity index (χ1v) is 4.31. The summed E-state index contributed by atoms with van der Waals surface area (Å²) in [5.41, 5.74) is 0. The van der Waals surface area contributed by atoms with Crippen molar-refractivity contribution in [3.8, 4) is 0 Å². The zero-order valence-corrected chi connectivity index (χ0v) is 7.79. The maximum atomic E-state index is 11.4. The third kappa shape index (κ3) is 1.78. The summed E-state index contributed by atoms with van der Waals surface area (Å²) in [7, 11) is 0. The molecule has 0 radical (unpaired) electrons. The molecule has 0 N–H and O–H groups in total. The van der Waals surface area contributed by atoms with E-state index in [1.807, 2.05) is 23.6 Å². The SMILES string of the molecule is C=CN1CCN(C(C)C)C(=O)C1. The molecular weight excluding hydrogens is 152 g/mol. The van der Waals surface area contributed by atoms with Crippen LogP contribution >= 0.6 is 0 Å². The lowest BCUT2D eigenvalue weighted by atomic mass is 10.2. The first-order valence-electron chi connectivity index (χ1n) is 4.31. The van der Waals surface area contributed by atoms with E-state index in [9.17, 15) is 4.79 Å². The van der Waals surface area contributed by atoms with E-state index in [0.717, 1.165) is 13.1 Å². The molecule has 1 rings (SSSR count). The quantitative estimate of drug-likeness (QED) is 0.605. The van der Waals surface area contributed by atoms with E-state index in [0.29, 0.717) is 12.6 Å². The Morgan fingerprint density at radius 2 is 2.17 bits per heavy atom. The Hall–Kier alpha value is -0.990. The summed E-state index contributed by atoms with van der Waals surface area (Å²) in [6, 6.07) is 0.324. The summed E-state index contributed by atoms with van der Waals surface area (Å²) in [4.78, 5) is 15.3. The fourth-order valence-electron chi connectivity index (χ4n) is 1.41. The molecule has 1 fully saturated rings. The smallest absolute Gasteiger partial charge is 0.242 e. The summed E-state index contributed by atoms with van der Waals surface area (Å²) in [5, 5.41) is 0. The summed E-state index contributed by atoms with van der Waals surface area (Å²) in [5.74, 6) is 0.205. The fourth-order valence-corrected chi connectivity index (χ4v) is 1.41. The zero-order chi connectivity index (χ0) is 9.14. The van der Waals surface area contributed by atoms with Gasteiger partial charge in [-0.2, -0.15) is 0 Å². The van der Waals surface area contributed by atoms with Crippen LogP contribution in [0.25, 0.3) is 0 Å². The number of carbonyl (C=O) groups excluding carboxylic acids is 1. The van der Waals surface area contributed by atoms with Crippen LogP contribution in [0.2, 0.25) is 0 Å². The third-order valence-electron chi connectivity index (χ3n) is 2.17. The molecule has 1 aliphatic heterocycles.